The normalized spacial score (nSPS) is 27.8. The van der Waals surface area contributed by atoms with Crippen LogP contribution in [0.5, 0.6) is 0 Å². The first-order valence-corrected chi connectivity index (χ1v) is 4.80. The van der Waals surface area contributed by atoms with E-state index in [1.165, 1.54) is 0 Å². The van der Waals surface area contributed by atoms with Gasteiger partial charge in [0.25, 0.3) is 0 Å². The van der Waals surface area contributed by atoms with Crippen LogP contribution >= 0.6 is 0 Å². The van der Waals surface area contributed by atoms with Crippen molar-refractivity contribution in [2.75, 3.05) is 13.2 Å². The zero-order chi connectivity index (χ0) is 9.68. The van der Waals surface area contributed by atoms with Gasteiger partial charge in [-0.2, -0.15) is 0 Å². The van der Waals surface area contributed by atoms with Gasteiger partial charge in [0, 0.05) is 19.2 Å². The Morgan fingerprint density at radius 1 is 1.46 bits per heavy atom. The van der Waals surface area contributed by atoms with Crippen LogP contribution < -0.4 is 5.32 Å². The summed E-state index contributed by atoms with van der Waals surface area (Å²) in [5.74, 6) is -0.445. The first kappa shape index (κ1) is 10.5. The van der Waals surface area contributed by atoms with Gasteiger partial charge < -0.3 is 15.5 Å². The number of aliphatic hydroxyl groups is 1. The van der Waals surface area contributed by atoms with Crippen LogP contribution in [0.4, 0.5) is 0 Å². The Bertz CT molecular complexity index is 172. The van der Waals surface area contributed by atoms with E-state index in [1.807, 2.05) is 0 Å². The quantitative estimate of drug-likeness (QED) is 0.575. The molecule has 0 bridgehead atoms. The Morgan fingerprint density at radius 3 is 2.85 bits per heavy atom. The van der Waals surface area contributed by atoms with Crippen molar-refractivity contribution < 1.29 is 15.0 Å². The average molecular weight is 187 g/mol. The number of rotatable bonds is 5. The SMILES string of the molecule is O=C(O)CCNC1CCCC1CO. The fourth-order valence-electron chi connectivity index (χ4n) is 1.89. The van der Waals surface area contributed by atoms with Crippen molar-refractivity contribution in [1.29, 1.82) is 0 Å². The molecular formula is C9H17NO3. The lowest BCUT2D eigenvalue weighted by molar-refractivity contribution is -0.136. The summed E-state index contributed by atoms with van der Waals surface area (Å²) in [5, 5.41) is 20.6. The minimum absolute atomic E-state index is 0.161. The van der Waals surface area contributed by atoms with Crippen molar-refractivity contribution in [3.05, 3.63) is 0 Å². The Balaban J connectivity index is 2.16. The van der Waals surface area contributed by atoms with Crippen LogP contribution in [0.1, 0.15) is 25.7 Å². The summed E-state index contributed by atoms with van der Waals surface area (Å²) in [6.45, 7) is 0.723. The molecule has 0 amide bonds. The van der Waals surface area contributed by atoms with Crippen LogP contribution in [0.15, 0.2) is 0 Å². The number of hydrogen-bond acceptors (Lipinski definition) is 3. The highest BCUT2D eigenvalue weighted by Gasteiger charge is 2.25. The van der Waals surface area contributed by atoms with Crippen LogP contribution in [-0.4, -0.2) is 35.4 Å². The lowest BCUT2D eigenvalue weighted by Crippen LogP contribution is -2.35. The summed E-state index contributed by atoms with van der Waals surface area (Å²) in [5.41, 5.74) is 0. The van der Waals surface area contributed by atoms with E-state index in [-0.39, 0.29) is 13.0 Å². The minimum Gasteiger partial charge on any atom is -0.481 e. The third-order valence-electron chi connectivity index (χ3n) is 2.64. The maximum absolute atomic E-state index is 10.2. The van der Waals surface area contributed by atoms with Gasteiger partial charge in [0.05, 0.1) is 6.42 Å². The Kier molecular flexibility index (Phi) is 4.18. The van der Waals surface area contributed by atoms with Crippen LogP contribution in [0.25, 0.3) is 0 Å². The van der Waals surface area contributed by atoms with Gasteiger partial charge in [-0.25, -0.2) is 0 Å². The molecule has 2 unspecified atom stereocenters. The monoisotopic (exact) mass is 187 g/mol. The van der Waals surface area contributed by atoms with Crippen LogP contribution in [0.2, 0.25) is 0 Å². The highest BCUT2D eigenvalue weighted by Crippen LogP contribution is 2.24. The summed E-state index contributed by atoms with van der Waals surface area (Å²) < 4.78 is 0. The topological polar surface area (TPSA) is 69.6 Å². The first-order valence-electron chi connectivity index (χ1n) is 4.80. The van der Waals surface area contributed by atoms with Gasteiger partial charge in [0.2, 0.25) is 0 Å². The highest BCUT2D eigenvalue weighted by atomic mass is 16.4. The van der Waals surface area contributed by atoms with Gasteiger partial charge in [-0.1, -0.05) is 6.42 Å². The molecule has 0 spiro atoms. The van der Waals surface area contributed by atoms with Crippen molar-refractivity contribution in [2.24, 2.45) is 5.92 Å². The highest BCUT2D eigenvalue weighted by molar-refractivity contribution is 5.66. The van der Waals surface area contributed by atoms with Crippen LogP contribution in [0.3, 0.4) is 0 Å². The van der Waals surface area contributed by atoms with E-state index in [0.717, 1.165) is 19.3 Å². The van der Waals surface area contributed by atoms with Gasteiger partial charge >= 0.3 is 5.97 Å². The van der Waals surface area contributed by atoms with Gasteiger partial charge in [0.15, 0.2) is 0 Å². The zero-order valence-corrected chi connectivity index (χ0v) is 7.70. The minimum atomic E-state index is -0.772. The zero-order valence-electron chi connectivity index (χ0n) is 7.70. The third-order valence-corrected chi connectivity index (χ3v) is 2.64. The second kappa shape index (κ2) is 5.19. The second-order valence-electron chi connectivity index (χ2n) is 3.58. The molecule has 1 fully saturated rings. The molecule has 4 heteroatoms. The van der Waals surface area contributed by atoms with Crippen molar-refractivity contribution in [3.8, 4) is 0 Å². The molecule has 0 radical (unpaired) electrons. The van der Waals surface area contributed by atoms with E-state index in [1.54, 1.807) is 0 Å². The smallest absolute Gasteiger partial charge is 0.304 e. The number of aliphatic hydroxyl groups excluding tert-OH is 1. The molecule has 0 aromatic heterocycles. The van der Waals surface area contributed by atoms with Gasteiger partial charge in [-0.05, 0) is 18.8 Å². The summed E-state index contributed by atoms with van der Waals surface area (Å²) in [7, 11) is 0. The molecule has 1 aliphatic carbocycles. The molecule has 13 heavy (non-hydrogen) atoms. The molecule has 1 saturated carbocycles. The molecule has 2 atom stereocenters. The number of aliphatic carboxylic acids is 1. The van der Waals surface area contributed by atoms with E-state index in [9.17, 15) is 4.79 Å². The number of hydrogen-bond donors (Lipinski definition) is 3. The summed E-state index contributed by atoms with van der Waals surface area (Å²) >= 11 is 0. The fourth-order valence-corrected chi connectivity index (χ4v) is 1.89. The second-order valence-corrected chi connectivity index (χ2v) is 3.58. The van der Waals surface area contributed by atoms with Gasteiger partial charge in [0.1, 0.15) is 0 Å². The molecule has 0 heterocycles. The largest absolute Gasteiger partial charge is 0.481 e. The van der Waals surface area contributed by atoms with Crippen molar-refractivity contribution >= 4 is 5.97 Å². The molecule has 4 nitrogen and oxygen atoms in total. The average Bonchev–Trinajstić information content (AvgIpc) is 2.51. The van der Waals surface area contributed by atoms with E-state index in [4.69, 9.17) is 10.2 Å². The van der Waals surface area contributed by atoms with Crippen molar-refractivity contribution in [3.63, 3.8) is 0 Å². The molecule has 0 aromatic rings. The summed E-state index contributed by atoms with van der Waals surface area (Å²) in [4.78, 5) is 10.2. The molecular weight excluding hydrogens is 170 g/mol. The van der Waals surface area contributed by atoms with E-state index in [0.29, 0.717) is 18.5 Å². The summed E-state index contributed by atoms with van der Waals surface area (Å²) in [6, 6.07) is 0.323. The maximum Gasteiger partial charge on any atom is 0.304 e. The molecule has 3 N–H and O–H groups in total. The van der Waals surface area contributed by atoms with Crippen molar-refractivity contribution in [1.82, 2.24) is 5.32 Å². The predicted octanol–water partition coefficient (Wildman–Crippen LogP) is 0.212. The fraction of sp³-hybridized carbons (Fsp3) is 0.889. The number of carbonyl (C=O) groups is 1. The Hall–Kier alpha value is -0.610. The van der Waals surface area contributed by atoms with E-state index in [2.05, 4.69) is 5.32 Å². The standard InChI is InChI=1S/C9H17NO3/c11-6-7-2-1-3-8(7)10-5-4-9(12)13/h7-8,10-11H,1-6H2,(H,12,13). The Labute approximate surface area is 78.0 Å². The lowest BCUT2D eigenvalue weighted by atomic mass is 10.1. The first-order chi connectivity index (χ1) is 6.24. The number of nitrogens with one attached hydrogen (secondary N) is 1. The molecule has 1 rings (SSSR count). The Morgan fingerprint density at radius 2 is 2.23 bits per heavy atom. The molecule has 0 aliphatic heterocycles. The summed E-state index contributed by atoms with van der Waals surface area (Å²) in [6.07, 6.45) is 3.41. The maximum atomic E-state index is 10.2. The number of carboxylic acids is 1. The lowest BCUT2D eigenvalue weighted by Gasteiger charge is -2.18. The molecule has 1 aliphatic rings. The van der Waals surface area contributed by atoms with E-state index < -0.39 is 5.97 Å². The van der Waals surface area contributed by atoms with Crippen LogP contribution in [0, 0.1) is 5.92 Å². The molecule has 76 valence electrons. The number of carboxylic acid groups (broad SMARTS) is 1. The van der Waals surface area contributed by atoms with Gasteiger partial charge in [-0.15, -0.1) is 0 Å². The predicted molar refractivity (Wildman–Crippen MR) is 48.5 cm³/mol. The van der Waals surface area contributed by atoms with Gasteiger partial charge in [-0.3, -0.25) is 4.79 Å². The third kappa shape index (κ3) is 3.32. The van der Waals surface area contributed by atoms with Crippen LogP contribution in [-0.2, 0) is 4.79 Å². The van der Waals surface area contributed by atoms with Crippen molar-refractivity contribution in [2.45, 2.75) is 31.7 Å². The molecule has 0 saturated heterocycles. The molecule has 0 aromatic carbocycles. The van der Waals surface area contributed by atoms with E-state index >= 15 is 0 Å².